The minimum absolute atomic E-state index is 0.394. The summed E-state index contributed by atoms with van der Waals surface area (Å²) in [5.41, 5.74) is 3.73. The fourth-order valence-electron chi connectivity index (χ4n) is 1.40. The molecular formula is C11H13ClN4S. The third-order valence-corrected chi connectivity index (χ3v) is 3.65. The van der Waals surface area contributed by atoms with Gasteiger partial charge in [-0.05, 0) is 19.1 Å². The van der Waals surface area contributed by atoms with Crippen LogP contribution in [-0.2, 0) is 12.4 Å². The smallest absolute Gasteiger partial charge is 0.151 e. The van der Waals surface area contributed by atoms with Crippen molar-refractivity contribution in [3.8, 4) is 0 Å². The van der Waals surface area contributed by atoms with Crippen LogP contribution in [0.15, 0.2) is 17.6 Å². The summed E-state index contributed by atoms with van der Waals surface area (Å²) >= 11 is 7.33. The number of hydrogen-bond acceptors (Lipinski definition) is 5. The van der Waals surface area contributed by atoms with E-state index in [0.717, 1.165) is 23.8 Å². The number of halogens is 1. The SMILES string of the molecule is Cc1ncsc1CN(C)c1ccc(CCl)nn1. The van der Waals surface area contributed by atoms with Crippen LogP contribution in [0.5, 0.6) is 0 Å². The Balaban J connectivity index is 2.09. The van der Waals surface area contributed by atoms with Crippen molar-refractivity contribution in [2.24, 2.45) is 0 Å². The zero-order valence-corrected chi connectivity index (χ0v) is 11.3. The highest BCUT2D eigenvalue weighted by atomic mass is 35.5. The Morgan fingerprint density at radius 1 is 1.35 bits per heavy atom. The Morgan fingerprint density at radius 3 is 2.71 bits per heavy atom. The first-order valence-electron chi connectivity index (χ1n) is 5.19. The van der Waals surface area contributed by atoms with Gasteiger partial charge in [-0.3, -0.25) is 0 Å². The van der Waals surface area contributed by atoms with Gasteiger partial charge in [-0.15, -0.1) is 28.0 Å². The molecule has 0 aromatic carbocycles. The average Bonchev–Trinajstić information content (AvgIpc) is 2.75. The molecule has 0 aliphatic heterocycles. The van der Waals surface area contributed by atoms with Crippen molar-refractivity contribution in [1.82, 2.24) is 15.2 Å². The third-order valence-electron chi connectivity index (χ3n) is 2.46. The monoisotopic (exact) mass is 268 g/mol. The average molecular weight is 269 g/mol. The van der Waals surface area contributed by atoms with Crippen LogP contribution >= 0.6 is 22.9 Å². The van der Waals surface area contributed by atoms with E-state index < -0.39 is 0 Å². The first-order chi connectivity index (χ1) is 8.20. The molecule has 2 aromatic heterocycles. The maximum absolute atomic E-state index is 5.67. The van der Waals surface area contributed by atoms with Gasteiger partial charge in [0.1, 0.15) is 0 Å². The van der Waals surface area contributed by atoms with Crippen molar-refractivity contribution in [1.29, 1.82) is 0 Å². The van der Waals surface area contributed by atoms with E-state index in [1.807, 2.05) is 36.5 Å². The van der Waals surface area contributed by atoms with Crippen LogP contribution in [0.4, 0.5) is 5.82 Å². The van der Waals surface area contributed by atoms with Crippen LogP contribution < -0.4 is 4.90 Å². The van der Waals surface area contributed by atoms with Gasteiger partial charge in [0, 0.05) is 11.9 Å². The summed E-state index contributed by atoms with van der Waals surface area (Å²) in [6.45, 7) is 2.81. The summed E-state index contributed by atoms with van der Waals surface area (Å²) in [5.74, 6) is 1.23. The molecule has 0 saturated carbocycles. The second-order valence-electron chi connectivity index (χ2n) is 3.73. The predicted molar refractivity (Wildman–Crippen MR) is 70.5 cm³/mol. The summed E-state index contributed by atoms with van der Waals surface area (Å²) in [7, 11) is 1.99. The van der Waals surface area contributed by atoms with Crippen LogP contribution in [0.3, 0.4) is 0 Å². The van der Waals surface area contributed by atoms with Crippen molar-refractivity contribution < 1.29 is 0 Å². The first kappa shape index (κ1) is 12.3. The Bertz CT molecular complexity index is 482. The van der Waals surface area contributed by atoms with Gasteiger partial charge in [-0.1, -0.05) is 0 Å². The Kier molecular flexibility index (Phi) is 3.91. The molecule has 0 fully saturated rings. The molecule has 2 aromatic rings. The Hall–Kier alpha value is -1.20. The van der Waals surface area contributed by atoms with Crippen LogP contribution in [0.25, 0.3) is 0 Å². The Morgan fingerprint density at radius 2 is 2.18 bits per heavy atom. The number of aromatic nitrogens is 3. The Labute approximate surface area is 109 Å². The highest BCUT2D eigenvalue weighted by Gasteiger charge is 2.08. The second kappa shape index (κ2) is 5.42. The summed E-state index contributed by atoms with van der Waals surface area (Å²) < 4.78 is 0. The molecule has 0 N–H and O–H groups in total. The fourth-order valence-corrected chi connectivity index (χ4v) is 2.37. The number of aryl methyl sites for hydroxylation is 1. The largest absolute Gasteiger partial charge is 0.353 e. The van der Waals surface area contributed by atoms with Crippen molar-refractivity contribution in [2.75, 3.05) is 11.9 Å². The van der Waals surface area contributed by atoms with Gasteiger partial charge in [-0.2, -0.15) is 5.10 Å². The van der Waals surface area contributed by atoms with Crippen LogP contribution in [-0.4, -0.2) is 22.2 Å². The summed E-state index contributed by atoms with van der Waals surface area (Å²) in [5, 5.41) is 8.17. The van der Waals surface area contributed by atoms with Gasteiger partial charge in [0.25, 0.3) is 0 Å². The zero-order valence-electron chi connectivity index (χ0n) is 9.72. The number of alkyl halides is 1. The summed E-state index contributed by atoms with van der Waals surface area (Å²) in [4.78, 5) is 7.52. The van der Waals surface area contributed by atoms with E-state index in [9.17, 15) is 0 Å². The maximum Gasteiger partial charge on any atom is 0.151 e. The van der Waals surface area contributed by atoms with Gasteiger partial charge < -0.3 is 4.90 Å². The molecule has 0 unspecified atom stereocenters. The van der Waals surface area contributed by atoms with Gasteiger partial charge in [0.05, 0.1) is 29.3 Å². The summed E-state index contributed by atoms with van der Waals surface area (Å²) in [6.07, 6.45) is 0. The standard InChI is InChI=1S/C11H13ClN4S/c1-8-10(17-7-13-8)6-16(2)11-4-3-9(5-12)14-15-11/h3-4,7H,5-6H2,1-2H3. The third kappa shape index (κ3) is 2.92. The predicted octanol–water partition coefficient (Wildman–Crippen LogP) is 2.62. The quantitative estimate of drug-likeness (QED) is 0.800. The zero-order chi connectivity index (χ0) is 12.3. The van der Waals surface area contributed by atoms with Gasteiger partial charge in [-0.25, -0.2) is 4.98 Å². The topological polar surface area (TPSA) is 41.9 Å². The molecule has 0 atom stereocenters. The molecule has 0 radical (unpaired) electrons. The lowest BCUT2D eigenvalue weighted by molar-refractivity contribution is 0.857. The number of nitrogens with zero attached hydrogens (tertiary/aromatic N) is 4. The molecule has 90 valence electrons. The van der Waals surface area contributed by atoms with E-state index in [4.69, 9.17) is 11.6 Å². The lowest BCUT2D eigenvalue weighted by atomic mass is 10.3. The number of anilines is 1. The molecule has 6 heteroatoms. The summed E-state index contributed by atoms with van der Waals surface area (Å²) in [6, 6.07) is 3.83. The minimum atomic E-state index is 0.394. The highest BCUT2D eigenvalue weighted by Crippen LogP contribution is 2.17. The molecule has 0 aliphatic carbocycles. The van der Waals surface area contributed by atoms with E-state index in [2.05, 4.69) is 15.2 Å². The van der Waals surface area contributed by atoms with Crippen molar-refractivity contribution in [2.45, 2.75) is 19.3 Å². The molecule has 2 heterocycles. The fraction of sp³-hybridized carbons (Fsp3) is 0.364. The van der Waals surface area contributed by atoms with Crippen molar-refractivity contribution in [3.63, 3.8) is 0 Å². The molecule has 2 rings (SSSR count). The molecule has 0 amide bonds. The molecule has 17 heavy (non-hydrogen) atoms. The van der Waals surface area contributed by atoms with E-state index in [0.29, 0.717) is 5.88 Å². The lowest BCUT2D eigenvalue weighted by Gasteiger charge is -2.16. The molecule has 0 spiro atoms. The number of hydrogen-bond donors (Lipinski definition) is 0. The maximum atomic E-state index is 5.67. The minimum Gasteiger partial charge on any atom is -0.353 e. The van der Waals surface area contributed by atoms with Crippen molar-refractivity contribution >= 4 is 28.8 Å². The van der Waals surface area contributed by atoms with Crippen LogP contribution in [0.1, 0.15) is 16.3 Å². The molecule has 0 aliphatic rings. The van der Waals surface area contributed by atoms with Crippen LogP contribution in [0.2, 0.25) is 0 Å². The van der Waals surface area contributed by atoms with E-state index in [-0.39, 0.29) is 0 Å². The van der Waals surface area contributed by atoms with Crippen molar-refractivity contribution in [3.05, 3.63) is 33.9 Å². The second-order valence-corrected chi connectivity index (χ2v) is 4.94. The van der Waals surface area contributed by atoms with Gasteiger partial charge >= 0.3 is 0 Å². The van der Waals surface area contributed by atoms with E-state index >= 15 is 0 Å². The van der Waals surface area contributed by atoms with Crippen LogP contribution in [0, 0.1) is 6.92 Å². The van der Waals surface area contributed by atoms with E-state index in [1.165, 1.54) is 4.88 Å². The first-order valence-corrected chi connectivity index (χ1v) is 6.61. The van der Waals surface area contributed by atoms with E-state index in [1.54, 1.807) is 11.3 Å². The van der Waals surface area contributed by atoms with Gasteiger partial charge in [0.2, 0.25) is 0 Å². The molecular weight excluding hydrogens is 256 g/mol. The number of rotatable bonds is 4. The molecule has 4 nitrogen and oxygen atoms in total. The molecule has 0 bridgehead atoms. The molecule has 0 saturated heterocycles. The number of thiazole rings is 1. The highest BCUT2D eigenvalue weighted by molar-refractivity contribution is 7.09. The van der Waals surface area contributed by atoms with Gasteiger partial charge in [0.15, 0.2) is 5.82 Å². The normalized spacial score (nSPS) is 10.5. The lowest BCUT2D eigenvalue weighted by Crippen LogP contribution is -2.18.